The Labute approximate surface area is 197 Å². The zero-order chi connectivity index (χ0) is 22.5. The number of thioether (sulfide) groups is 1. The van der Waals surface area contributed by atoms with Crippen LogP contribution in [0.2, 0.25) is 0 Å². The largest absolute Gasteiger partial charge is 0.496 e. The molecule has 33 heavy (non-hydrogen) atoms. The third-order valence-electron chi connectivity index (χ3n) is 5.60. The molecule has 0 spiro atoms. The quantitative estimate of drug-likeness (QED) is 0.269. The molecule has 3 aromatic carbocycles. The number of methoxy groups -OCH3 is 1. The molecule has 6 heteroatoms. The first-order chi connectivity index (χ1) is 16.3. The van der Waals surface area contributed by atoms with Gasteiger partial charge in [0.05, 0.1) is 18.2 Å². The summed E-state index contributed by atoms with van der Waals surface area (Å²) in [5, 5.41) is 11.2. The van der Waals surface area contributed by atoms with Crippen molar-refractivity contribution in [3.8, 4) is 17.1 Å². The van der Waals surface area contributed by atoms with Gasteiger partial charge in [0.1, 0.15) is 5.75 Å². The Hall–Kier alpha value is -3.64. The molecule has 0 fully saturated rings. The SMILES string of the molecule is COc1ccccc1-c1nnc(SCc2cccc3cccnc23)n1CCc1ccccc1. The maximum Gasteiger partial charge on any atom is 0.191 e. The average molecular weight is 453 g/mol. The molecule has 0 unspecified atom stereocenters. The van der Waals surface area contributed by atoms with E-state index in [0.29, 0.717) is 0 Å². The van der Waals surface area contributed by atoms with Crippen molar-refractivity contribution in [3.05, 3.63) is 102 Å². The molecular formula is C27H24N4OS. The van der Waals surface area contributed by atoms with E-state index in [2.05, 4.69) is 68.3 Å². The van der Waals surface area contributed by atoms with Crippen molar-refractivity contribution in [2.75, 3.05) is 7.11 Å². The lowest BCUT2D eigenvalue weighted by molar-refractivity contribution is 0.415. The minimum Gasteiger partial charge on any atom is -0.496 e. The Kier molecular flexibility index (Phi) is 6.35. The molecule has 0 N–H and O–H groups in total. The second-order valence-electron chi connectivity index (χ2n) is 7.67. The van der Waals surface area contributed by atoms with Crippen LogP contribution in [-0.4, -0.2) is 26.9 Å². The summed E-state index contributed by atoms with van der Waals surface area (Å²) in [5.74, 6) is 2.38. The van der Waals surface area contributed by atoms with Crippen LogP contribution in [0.15, 0.2) is 96.3 Å². The third kappa shape index (κ3) is 4.61. The Morgan fingerprint density at radius 1 is 0.848 bits per heavy atom. The molecular weight excluding hydrogens is 428 g/mol. The van der Waals surface area contributed by atoms with Crippen molar-refractivity contribution in [1.82, 2.24) is 19.7 Å². The maximum absolute atomic E-state index is 5.61. The molecule has 2 aromatic heterocycles. The van der Waals surface area contributed by atoms with Gasteiger partial charge in [0.15, 0.2) is 11.0 Å². The number of benzene rings is 3. The third-order valence-corrected chi connectivity index (χ3v) is 6.62. The van der Waals surface area contributed by atoms with Crippen molar-refractivity contribution in [2.24, 2.45) is 0 Å². The lowest BCUT2D eigenvalue weighted by Gasteiger charge is -2.13. The van der Waals surface area contributed by atoms with E-state index in [1.54, 1.807) is 18.9 Å². The summed E-state index contributed by atoms with van der Waals surface area (Å²) < 4.78 is 7.81. The van der Waals surface area contributed by atoms with E-state index in [1.165, 1.54) is 11.1 Å². The molecule has 5 aromatic rings. The fourth-order valence-corrected chi connectivity index (χ4v) is 4.89. The number of hydrogen-bond donors (Lipinski definition) is 0. The Bertz CT molecular complexity index is 1360. The van der Waals surface area contributed by atoms with Crippen LogP contribution in [-0.2, 0) is 18.7 Å². The topological polar surface area (TPSA) is 52.8 Å². The molecule has 0 aliphatic rings. The Morgan fingerprint density at radius 3 is 2.55 bits per heavy atom. The summed E-state index contributed by atoms with van der Waals surface area (Å²) in [6.45, 7) is 0.778. The molecule has 5 nitrogen and oxygen atoms in total. The predicted molar refractivity (Wildman–Crippen MR) is 133 cm³/mol. The van der Waals surface area contributed by atoms with Gasteiger partial charge >= 0.3 is 0 Å². The molecule has 0 radical (unpaired) electrons. The zero-order valence-corrected chi connectivity index (χ0v) is 19.2. The van der Waals surface area contributed by atoms with E-state index in [1.807, 2.05) is 42.6 Å². The molecule has 0 amide bonds. The molecule has 0 aliphatic heterocycles. The standard InChI is InChI=1S/C27H24N4OS/c1-32-24-15-6-5-14-23(24)26-29-30-27(31(26)18-16-20-9-3-2-4-10-20)33-19-22-12-7-11-21-13-8-17-28-25(21)22/h2-15,17H,16,18-19H2,1H3. The van der Waals surface area contributed by atoms with Crippen molar-refractivity contribution in [2.45, 2.75) is 23.9 Å². The fourth-order valence-electron chi connectivity index (χ4n) is 3.94. The number of hydrogen-bond acceptors (Lipinski definition) is 5. The van der Waals surface area contributed by atoms with Crippen LogP contribution in [0.4, 0.5) is 0 Å². The number of fused-ring (bicyclic) bond motifs is 1. The Morgan fingerprint density at radius 2 is 1.67 bits per heavy atom. The van der Waals surface area contributed by atoms with Crippen LogP contribution in [0.5, 0.6) is 5.75 Å². The molecule has 0 saturated heterocycles. The molecule has 5 rings (SSSR count). The van der Waals surface area contributed by atoms with E-state index in [0.717, 1.165) is 51.9 Å². The van der Waals surface area contributed by atoms with Gasteiger partial charge in [0.2, 0.25) is 0 Å². The lowest BCUT2D eigenvalue weighted by atomic mass is 10.1. The summed E-state index contributed by atoms with van der Waals surface area (Å²) >= 11 is 1.69. The van der Waals surface area contributed by atoms with E-state index < -0.39 is 0 Å². The molecule has 2 heterocycles. The minimum atomic E-state index is 0.768. The second kappa shape index (κ2) is 9.88. The number of aromatic nitrogens is 4. The van der Waals surface area contributed by atoms with E-state index in [4.69, 9.17) is 4.74 Å². The number of pyridine rings is 1. The first-order valence-corrected chi connectivity index (χ1v) is 11.9. The smallest absolute Gasteiger partial charge is 0.191 e. The molecule has 164 valence electrons. The van der Waals surface area contributed by atoms with Gasteiger partial charge in [-0.3, -0.25) is 4.98 Å². The number of nitrogens with zero attached hydrogens (tertiary/aromatic N) is 4. The van der Waals surface area contributed by atoms with Gasteiger partial charge in [-0.05, 0) is 35.7 Å². The van der Waals surface area contributed by atoms with Crippen molar-refractivity contribution >= 4 is 22.7 Å². The van der Waals surface area contributed by atoms with Crippen LogP contribution in [0, 0.1) is 0 Å². The highest BCUT2D eigenvalue weighted by Crippen LogP contribution is 2.32. The first kappa shape index (κ1) is 21.2. The van der Waals surface area contributed by atoms with Crippen molar-refractivity contribution in [3.63, 3.8) is 0 Å². The lowest BCUT2D eigenvalue weighted by Crippen LogP contribution is -2.06. The summed E-state index contributed by atoms with van der Waals surface area (Å²) in [7, 11) is 1.69. The van der Waals surface area contributed by atoms with Crippen molar-refractivity contribution < 1.29 is 4.74 Å². The highest BCUT2D eigenvalue weighted by molar-refractivity contribution is 7.98. The Balaban J connectivity index is 1.47. The van der Waals surface area contributed by atoms with Crippen LogP contribution >= 0.6 is 11.8 Å². The summed E-state index contributed by atoms with van der Waals surface area (Å²) in [6.07, 6.45) is 2.74. The first-order valence-electron chi connectivity index (χ1n) is 10.9. The van der Waals surface area contributed by atoms with Crippen LogP contribution in [0.3, 0.4) is 0 Å². The summed E-state index contributed by atoms with van der Waals surface area (Å²) in [4.78, 5) is 4.59. The number of aryl methyl sites for hydroxylation is 1. The zero-order valence-electron chi connectivity index (χ0n) is 18.4. The minimum absolute atomic E-state index is 0.768. The summed E-state index contributed by atoms with van der Waals surface area (Å²) in [5.41, 5.74) is 4.45. The monoisotopic (exact) mass is 452 g/mol. The van der Waals surface area contributed by atoms with Gasteiger partial charge in [-0.1, -0.05) is 78.5 Å². The highest BCUT2D eigenvalue weighted by atomic mass is 32.2. The molecule has 0 atom stereocenters. The van der Waals surface area contributed by atoms with Crippen LogP contribution in [0.25, 0.3) is 22.3 Å². The van der Waals surface area contributed by atoms with Gasteiger partial charge in [0.25, 0.3) is 0 Å². The molecule has 0 bridgehead atoms. The maximum atomic E-state index is 5.61. The number of para-hydroxylation sites is 2. The summed E-state index contributed by atoms with van der Waals surface area (Å²) in [6, 6.07) is 28.8. The second-order valence-corrected chi connectivity index (χ2v) is 8.62. The molecule has 0 aliphatic carbocycles. The van der Waals surface area contributed by atoms with Crippen molar-refractivity contribution in [1.29, 1.82) is 0 Å². The number of rotatable bonds is 8. The van der Waals surface area contributed by atoms with Gasteiger partial charge in [-0.2, -0.15) is 0 Å². The highest BCUT2D eigenvalue weighted by Gasteiger charge is 2.18. The predicted octanol–water partition coefficient (Wildman–Crippen LogP) is 6.04. The van der Waals surface area contributed by atoms with E-state index in [-0.39, 0.29) is 0 Å². The molecule has 0 saturated carbocycles. The van der Waals surface area contributed by atoms with Gasteiger partial charge in [0, 0.05) is 23.9 Å². The van der Waals surface area contributed by atoms with E-state index in [9.17, 15) is 0 Å². The number of ether oxygens (including phenoxy) is 1. The van der Waals surface area contributed by atoms with Crippen LogP contribution in [0.1, 0.15) is 11.1 Å². The van der Waals surface area contributed by atoms with Crippen LogP contribution < -0.4 is 4.74 Å². The normalized spacial score (nSPS) is 11.1. The van der Waals surface area contributed by atoms with Gasteiger partial charge < -0.3 is 9.30 Å². The van der Waals surface area contributed by atoms with E-state index >= 15 is 0 Å². The average Bonchev–Trinajstić information content (AvgIpc) is 3.29. The van der Waals surface area contributed by atoms with Gasteiger partial charge in [-0.15, -0.1) is 10.2 Å². The van der Waals surface area contributed by atoms with Gasteiger partial charge in [-0.25, -0.2) is 0 Å². The fraction of sp³-hybridized carbons (Fsp3) is 0.148.